The maximum Gasteiger partial charge on any atom is 0.338 e. The van der Waals surface area contributed by atoms with E-state index in [1.807, 2.05) is 31.2 Å². The SMILES string of the molecule is CCCCCCCCCCn1c2ccc(C)cc2c2cc(-c3ccc(N(c4ccc(C)cc4)c4cccc(C(=O)OCC)c4)cc3)ccc21. The normalized spacial score (nSPS) is 11.3. The maximum atomic E-state index is 12.6. The first-order valence-corrected chi connectivity index (χ1v) is 18.2. The Morgan fingerprint density at radius 2 is 1.18 bits per heavy atom. The molecule has 0 unspecified atom stereocenters. The van der Waals surface area contributed by atoms with E-state index >= 15 is 0 Å². The van der Waals surface area contributed by atoms with Crippen molar-refractivity contribution in [1.82, 2.24) is 4.57 Å². The van der Waals surface area contributed by atoms with E-state index in [1.165, 1.54) is 95.4 Å². The summed E-state index contributed by atoms with van der Waals surface area (Å²) in [4.78, 5) is 14.8. The van der Waals surface area contributed by atoms with Crippen molar-refractivity contribution in [3.63, 3.8) is 0 Å². The van der Waals surface area contributed by atoms with Crippen LogP contribution in [0.25, 0.3) is 32.9 Å². The highest BCUT2D eigenvalue weighted by molar-refractivity contribution is 6.09. The average molecular weight is 651 g/mol. The van der Waals surface area contributed by atoms with Gasteiger partial charge in [-0.05, 0) is 105 Å². The average Bonchev–Trinajstić information content (AvgIpc) is 3.42. The Labute approximate surface area is 292 Å². The molecular formula is C45H50N2O2. The fraction of sp³-hybridized carbons (Fsp3) is 0.311. The van der Waals surface area contributed by atoms with Crippen LogP contribution in [-0.4, -0.2) is 17.1 Å². The van der Waals surface area contributed by atoms with Crippen molar-refractivity contribution in [3.8, 4) is 11.1 Å². The van der Waals surface area contributed by atoms with Gasteiger partial charge in [0.25, 0.3) is 0 Å². The number of benzene rings is 5. The van der Waals surface area contributed by atoms with Crippen LogP contribution in [0, 0.1) is 13.8 Å². The number of carbonyl (C=O) groups excluding carboxylic acids is 1. The van der Waals surface area contributed by atoms with Crippen LogP contribution in [0.15, 0.2) is 109 Å². The number of unbranched alkanes of at least 4 members (excludes halogenated alkanes) is 7. The molecule has 0 radical (unpaired) electrons. The van der Waals surface area contributed by atoms with E-state index in [1.54, 1.807) is 0 Å². The number of hydrogen-bond donors (Lipinski definition) is 0. The van der Waals surface area contributed by atoms with E-state index in [0.717, 1.165) is 23.6 Å². The van der Waals surface area contributed by atoms with E-state index in [4.69, 9.17) is 4.74 Å². The molecule has 0 saturated carbocycles. The minimum absolute atomic E-state index is 0.312. The molecule has 0 fully saturated rings. The van der Waals surface area contributed by atoms with Gasteiger partial charge in [-0.15, -0.1) is 0 Å². The molecule has 4 heteroatoms. The third kappa shape index (κ3) is 7.91. The monoisotopic (exact) mass is 650 g/mol. The second-order valence-electron chi connectivity index (χ2n) is 13.4. The van der Waals surface area contributed by atoms with Crippen molar-refractivity contribution in [3.05, 3.63) is 126 Å². The van der Waals surface area contributed by atoms with Gasteiger partial charge in [0.1, 0.15) is 0 Å². The van der Waals surface area contributed by atoms with Crippen LogP contribution >= 0.6 is 0 Å². The zero-order valence-corrected chi connectivity index (χ0v) is 29.7. The minimum Gasteiger partial charge on any atom is -0.462 e. The molecule has 0 aliphatic carbocycles. The second-order valence-corrected chi connectivity index (χ2v) is 13.4. The lowest BCUT2D eigenvalue weighted by molar-refractivity contribution is 0.0526. The summed E-state index contributed by atoms with van der Waals surface area (Å²) in [6, 6.07) is 38.8. The van der Waals surface area contributed by atoms with Crippen molar-refractivity contribution >= 4 is 44.8 Å². The zero-order chi connectivity index (χ0) is 34.2. The first-order valence-electron chi connectivity index (χ1n) is 18.2. The number of anilines is 3. The van der Waals surface area contributed by atoms with Crippen LogP contribution in [0.5, 0.6) is 0 Å². The molecule has 0 amide bonds. The summed E-state index contributed by atoms with van der Waals surface area (Å²) in [7, 11) is 0. The third-order valence-corrected chi connectivity index (χ3v) is 9.62. The summed E-state index contributed by atoms with van der Waals surface area (Å²) in [5, 5.41) is 2.65. The lowest BCUT2D eigenvalue weighted by Gasteiger charge is -2.26. The third-order valence-electron chi connectivity index (χ3n) is 9.62. The largest absolute Gasteiger partial charge is 0.462 e. The molecule has 0 N–H and O–H groups in total. The van der Waals surface area contributed by atoms with Crippen molar-refractivity contribution in [1.29, 1.82) is 0 Å². The Balaban J connectivity index is 1.29. The lowest BCUT2D eigenvalue weighted by Crippen LogP contribution is -2.11. The lowest BCUT2D eigenvalue weighted by atomic mass is 10.0. The van der Waals surface area contributed by atoms with Crippen LogP contribution in [0.4, 0.5) is 17.1 Å². The van der Waals surface area contributed by atoms with Gasteiger partial charge in [0.2, 0.25) is 0 Å². The summed E-state index contributed by atoms with van der Waals surface area (Å²) in [5.74, 6) is -0.312. The molecule has 1 aromatic heterocycles. The molecule has 5 aromatic carbocycles. The molecule has 0 aliphatic rings. The first kappa shape index (κ1) is 34.0. The molecule has 49 heavy (non-hydrogen) atoms. The van der Waals surface area contributed by atoms with E-state index in [9.17, 15) is 4.79 Å². The Hall–Kier alpha value is -4.83. The molecule has 6 rings (SSSR count). The summed E-state index contributed by atoms with van der Waals surface area (Å²) >= 11 is 0. The zero-order valence-electron chi connectivity index (χ0n) is 29.7. The molecule has 0 atom stereocenters. The molecule has 0 aliphatic heterocycles. The van der Waals surface area contributed by atoms with E-state index in [0.29, 0.717) is 12.2 Å². The Bertz CT molecular complexity index is 2000. The topological polar surface area (TPSA) is 34.5 Å². The van der Waals surface area contributed by atoms with Gasteiger partial charge in [0.15, 0.2) is 0 Å². The number of aryl methyl sites for hydroxylation is 3. The van der Waals surface area contributed by atoms with Gasteiger partial charge < -0.3 is 14.2 Å². The molecule has 252 valence electrons. The minimum atomic E-state index is -0.312. The van der Waals surface area contributed by atoms with Gasteiger partial charge in [0.05, 0.1) is 12.2 Å². The van der Waals surface area contributed by atoms with E-state index in [2.05, 4.69) is 115 Å². The molecule has 0 bridgehead atoms. The smallest absolute Gasteiger partial charge is 0.338 e. The van der Waals surface area contributed by atoms with Crippen LogP contribution in [0.2, 0.25) is 0 Å². The van der Waals surface area contributed by atoms with Crippen molar-refractivity contribution in [2.45, 2.75) is 85.6 Å². The highest BCUT2D eigenvalue weighted by Gasteiger charge is 2.17. The van der Waals surface area contributed by atoms with Gasteiger partial charge in [-0.3, -0.25) is 0 Å². The van der Waals surface area contributed by atoms with Crippen molar-refractivity contribution in [2.24, 2.45) is 0 Å². The van der Waals surface area contributed by atoms with Gasteiger partial charge in [-0.1, -0.05) is 105 Å². The second kappa shape index (κ2) is 16.0. The fourth-order valence-electron chi connectivity index (χ4n) is 6.97. The standard InChI is InChI=1S/C45H50N2O2/c1-5-7-8-9-10-11-12-13-29-46-43-27-19-34(4)30-41(43)42-32-36(22-28-44(42)46)35-20-25-39(26-21-35)47(38-23-17-33(3)18-24-38)40-16-14-15-37(31-40)45(48)49-6-2/h14-28,30-32H,5-13,29H2,1-4H3. The number of ether oxygens (including phenoxy) is 1. The summed E-state index contributed by atoms with van der Waals surface area (Å²) in [6.07, 6.45) is 10.6. The summed E-state index contributed by atoms with van der Waals surface area (Å²) in [5.41, 5.74) is 11.0. The number of hydrogen-bond acceptors (Lipinski definition) is 3. The van der Waals surface area contributed by atoms with Gasteiger partial charge in [-0.2, -0.15) is 0 Å². The fourth-order valence-corrected chi connectivity index (χ4v) is 6.97. The highest BCUT2D eigenvalue weighted by atomic mass is 16.5. The molecule has 1 heterocycles. The number of rotatable bonds is 15. The van der Waals surface area contributed by atoms with E-state index in [-0.39, 0.29) is 5.97 Å². The molecule has 0 saturated heterocycles. The van der Waals surface area contributed by atoms with Gasteiger partial charge >= 0.3 is 5.97 Å². The first-order chi connectivity index (χ1) is 24.0. The van der Waals surface area contributed by atoms with Crippen LogP contribution in [0.1, 0.15) is 86.7 Å². The number of aromatic nitrogens is 1. The number of fused-ring (bicyclic) bond motifs is 3. The predicted molar refractivity (Wildman–Crippen MR) is 208 cm³/mol. The molecular weight excluding hydrogens is 601 g/mol. The van der Waals surface area contributed by atoms with Gasteiger partial charge in [-0.25, -0.2) is 4.79 Å². The van der Waals surface area contributed by atoms with Crippen LogP contribution < -0.4 is 4.90 Å². The number of nitrogens with zero attached hydrogens (tertiary/aromatic N) is 2. The molecule has 0 spiro atoms. The van der Waals surface area contributed by atoms with Crippen LogP contribution in [-0.2, 0) is 11.3 Å². The molecule has 6 aromatic rings. The summed E-state index contributed by atoms with van der Waals surface area (Å²) < 4.78 is 7.84. The van der Waals surface area contributed by atoms with Crippen LogP contribution in [0.3, 0.4) is 0 Å². The van der Waals surface area contributed by atoms with E-state index < -0.39 is 0 Å². The van der Waals surface area contributed by atoms with Crippen molar-refractivity contribution < 1.29 is 9.53 Å². The maximum absolute atomic E-state index is 12.6. The Morgan fingerprint density at radius 3 is 1.88 bits per heavy atom. The van der Waals surface area contributed by atoms with Crippen molar-refractivity contribution in [2.75, 3.05) is 11.5 Å². The Kier molecular flexibility index (Phi) is 11.1. The predicted octanol–water partition coefficient (Wildman–Crippen LogP) is 12.9. The molecule has 4 nitrogen and oxygen atoms in total. The summed E-state index contributed by atoms with van der Waals surface area (Å²) in [6.45, 7) is 9.79. The van der Waals surface area contributed by atoms with Gasteiger partial charge in [0, 0.05) is 45.4 Å². The highest BCUT2D eigenvalue weighted by Crippen LogP contribution is 2.38. The quantitative estimate of drug-likeness (QED) is 0.0819. The number of carbonyl (C=O) groups is 1. The Morgan fingerprint density at radius 1 is 0.592 bits per heavy atom. The number of esters is 1.